The van der Waals surface area contributed by atoms with Crippen molar-refractivity contribution in [2.75, 3.05) is 5.32 Å². The fourth-order valence-corrected chi connectivity index (χ4v) is 2.73. The Morgan fingerprint density at radius 2 is 2.00 bits per heavy atom. The highest BCUT2D eigenvalue weighted by Crippen LogP contribution is 2.27. The van der Waals surface area contributed by atoms with Crippen molar-refractivity contribution in [2.24, 2.45) is 5.73 Å². The number of anilines is 1. The number of hydrogen-bond donors (Lipinski definition) is 2. The van der Waals surface area contributed by atoms with E-state index in [0.717, 1.165) is 25.7 Å². The van der Waals surface area contributed by atoms with Crippen LogP contribution < -0.4 is 11.1 Å². The molecule has 3 rings (SSSR count). The molecule has 1 fully saturated rings. The van der Waals surface area contributed by atoms with Gasteiger partial charge < -0.3 is 11.1 Å². The summed E-state index contributed by atoms with van der Waals surface area (Å²) < 4.78 is 0. The van der Waals surface area contributed by atoms with E-state index in [1.54, 1.807) is 6.07 Å². The molecule has 0 aliphatic heterocycles. The van der Waals surface area contributed by atoms with Gasteiger partial charge in [0.25, 0.3) is 5.69 Å². The largest absolute Gasteiger partial charge is 0.367 e. The van der Waals surface area contributed by atoms with Crippen molar-refractivity contribution in [3.8, 4) is 0 Å². The van der Waals surface area contributed by atoms with Gasteiger partial charge in [-0.2, -0.15) is 0 Å². The van der Waals surface area contributed by atoms with E-state index >= 15 is 0 Å². The molecule has 0 saturated heterocycles. The number of rotatable bonds is 3. The second kappa shape index (κ2) is 5.61. The van der Waals surface area contributed by atoms with Crippen LogP contribution in [0.5, 0.6) is 0 Å². The molecule has 21 heavy (non-hydrogen) atoms. The molecule has 0 bridgehead atoms. The van der Waals surface area contributed by atoms with Gasteiger partial charge in [-0.3, -0.25) is 10.1 Å². The Kier molecular flexibility index (Phi) is 3.66. The molecule has 1 aliphatic rings. The fourth-order valence-electron chi connectivity index (χ4n) is 2.73. The third-order valence-corrected chi connectivity index (χ3v) is 3.94. The van der Waals surface area contributed by atoms with E-state index in [-0.39, 0.29) is 11.7 Å². The van der Waals surface area contributed by atoms with Crippen LogP contribution in [0, 0.1) is 10.1 Å². The van der Waals surface area contributed by atoms with Gasteiger partial charge in [-0.25, -0.2) is 9.97 Å². The van der Waals surface area contributed by atoms with Gasteiger partial charge in [0, 0.05) is 29.6 Å². The monoisotopic (exact) mass is 287 g/mol. The van der Waals surface area contributed by atoms with Crippen LogP contribution in [-0.2, 0) is 0 Å². The molecule has 0 unspecified atom stereocenters. The molecule has 0 radical (unpaired) electrons. The summed E-state index contributed by atoms with van der Waals surface area (Å²) in [6.45, 7) is 0. The predicted molar refractivity (Wildman–Crippen MR) is 80.0 cm³/mol. The number of aromatic nitrogens is 2. The van der Waals surface area contributed by atoms with Gasteiger partial charge in [-0.05, 0) is 31.7 Å². The average molecular weight is 287 g/mol. The lowest BCUT2D eigenvalue weighted by molar-refractivity contribution is -0.384. The Morgan fingerprint density at radius 3 is 2.71 bits per heavy atom. The Labute approximate surface area is 121 Å². The van der Waals surface area contributed by atoms with E-state index in [1.807, 2.05) is 0 Å². The summed E-state index contributed by atoms with van der Waals surface area (Å²) in [6.07, 6.45) is 5.43. The van der Waals surface area contributed by atoms with E-state index < -0.39 is 4.92 Å². The summed E-state index contributed by atoms with van der Waals surface area (Å²) in [7, 11) is 0. The summed E-state index contributed by atoms with van der Waals surface area (Å²) >= 11 is 0. The van der Waals surface area contributed by atoms with Crippen molar-refractivity contribution in [3.05, 3.63) is 34.6 Å². The average Bonchev–Trinajstić information content (AvgIpc) is 2.49. The first-order chi connectivity index (χ1) is 10.1. The summed E-state index contributed by atoms with van der Waals surface area (Å²) in [6, 6.07) is 5.22. The van der Waals surface area contributed by atoms with Crippen LogP contribution in [0.15, 0.2) is 24.5 Å². The van der Waals surface area contributed by atoms with Gasteiger partial charge in [0.1, 0.15) is 12.1 Å². The quantitative estimate of drug-likeness (QED) is 0.662. The molecule has 2 aromatic rings. The molecular formula is C14H17N5O2. The van der Waals surface area contributed by atoms with Gasteiger partial charge in [-0.15, -0.1) is 0 Å². The minimum atomic E-state index is -0.407. The molecular weight excluding hydrogens is 270 g/mol. The van der Waals surface area contributed by atoms with E-state index in [4.69, 9.17) is 5.73 Å². The zero-order valence-electron chi connectivity index (χ0n) is 11.5. The number of nitro benzene ring substituents is 1. The van der Waals surface area contributed by atoms with Crippen molar-refractivity contribution < 1.29 is 4.92 Å². The number of nitrogens with two attached hydrogens (primary N) is 1. The molecule has 110 valence electrons. The lowest BCUT2D eigenvalue weighted by Crippen LogP contribution is -2.33. The molecule has 0 atom stereocenters. The van der Waals surface area contributed by atoms with Crippen molar-refractivity contribution in [1.82, 2.24) is 9.97 Å². The maximum atomic E-state index is 10.9. The van der Waals surface area contributed by atoms with Crippen LogP contribution in [0.2, 0.25) is 0 Å². The van der Waals surface area contributed by atoms with Crippen molar-refractivity contribution >= 4 is 22.4 Å². The summed E-state index contributed by atoms with van der Waals surface area (Å²) in [4.78, 5) is 18.9. The van der Waals surface area contributed by atoms with Crippen molar-refractivity contribution in [1.29, 1.82) is 0 Å². The summed E-state index contributed by atoms with van der Waals surface area (Å²) in [5.41, 5.74) is 6.65. The van der Waals surface area contributed by atoms with E-state index in [9.17, 15) is 10.1 Å². The molecule has 1 aromatic heterocycles. The third kappa shape index (κ3) is 2.92. The van der Waals surface area contributed by atoms with Gasteiger partial charge >= 0.3 is 0 Å². The van der Waals surface area contributed by atoms with Gasteiger partial charge in [0.2, 0.25) is 0 Å². The van der Waals surface area contributed by atoms with Crippen LogP contribution in [0.4, 0.5) is 11.5 Å². The summed E-state index contributed by atoms with van der Waals surface area (Å²) in [5.74, 6) is 0.657. The highest BCUT2D eigenvalue weighted by atomic mass is 16.6. The van der Waals surface area contributed by atoms with Crippen LogP contribution in [0.3, 0.4) is 0 Å². The molecule has 1 aliphatic carbocycles. The Bertz CT molecular complexity index is 667. The molecule has 3 N–H and O–H groups in total. The number of fused-ring (bicyclic) bond motifs is 1. The molecule has 0 amide bonds. The number of benzene rings is 1. The van der Waals surface area contributed by atoms with Gasteiger partial charge in [0.05, 0.1) is 10.4 Å². The minimum Gasteiger partial charge on any atom is -0.367 e. The topological polar surface area (TPSA) is 107 Å². The second-order valence-corrected chi connectivity index (χ2v) is 5.44. The zero-order chi connectivity index (χ0) is 14.8. The number of non-ortho nitro benzene ring substituents is 1. The Hall–Kier alpha value is -2.28. The van der Waals surface area contributed by atoms with E-state index in [1.165, 1.54) is 18.5 Å². The molecule has 1 saturated carbocycles. The molecule has 7 nitrogen and oxygen atoms in total. The number of nitrogens with one attached hydrogen (secondary N) is 1. The smallest absolute Gasteiger partial charge is 0.270 e. The lowest BCUT2D eigenvalue weighted by atomic mass is 9.92. The molecule has 7 heteroatoms. The SMILES string of the molecule is NC1CCC(Nc2ncnc3ccc([N+](=O)[O-])cc23)CC1. The van der Waals surface area contributed by atoms with Crippen LogP contribution >= 0.6 is 0 Å². The Balaban J connectivity index is 1.90. The molecule has 1 heterocycles. The van der Waals surface area contributed by atoms with Gasteiger partial charge in [-0.1, -0.05) is 0 Å². The minimum absolute atomic E-state index is 0.0472. The number of nitro groups is 1. The predicted octanol–water partition coefficient (Wildman–Crippen LogP) is 2.22. The molecule has 0 spiro atoms. The lowest BCUT2D eigenvalue weighted by Gasteiger charge is -2.27. The summed E-state index contributed by atoms with van der Waals surface area (Å²) in [5, 5.41) is 15.0. The van der Waals surface area contributed by atoms with E-state index in [2.05, 4.69) is 15.3 Å². The molecule has 1 aromatic carbocycles. The highest BCUT2D eigenvalue weighted by Gasteiger charge is 2.20. The normalized spacial score (nSPS) is 22.1. The fraction of sp³-hybridized carbons (Fsp3) is 0.429. The van der Waals surface area contributed by atoms with E-state index in [0.29, 0.717) is 22.8 Å². The van der Waals surface area contributed by atoms with Crippen LogP contribution in [0.25, 0.3) is 10.9 Å². The van der Waals surface area contributed by atoms with Crippen molar-refractivity contribution in [3.63, 3.8) is 0 Å². The third-order valence-electron chi connectivity index (χ3n) is 3.94. The first-order valence-corrected chi connectivity index (χ1v) is 7.05. The Morgan fingerprint density at radius 1 is 1.24 bits per heavy atom. The zero-order valence-corrected chi connectivity index (χ0v) is 11.5. The van der Waals surface area contributed by atoms with Crippen LogP contribution in [-0.4, -0.2) is 27.0 Å². The maximum absolute atomic E-state index is 10.9. The highest BCUT2D eigenvalue weighted by molar-refractivity contribution is 5.90. The standard InChI is InChI=1S/C14H17N5O2/c15-9-1-3-10(4-2-9)18-14-12-7-11(19(20)21)5-6-13(12)16-8-17-14/h5-10H,1-4,15H2,(H,16,17,18). The maximum Gasteiger partial charge on any atom is 0.270 e. The van der Waals surface area contributed by atoms with Crippen molar-refractivity contribution in [2.45, 2.75) is 37.8 Å². The first-order valence-electron chi connectivity index (χ1n) is 7.05. The van der Waals surface area contributed by atoms with Crippen LogP contribution in [0.1, 0.15) is 25.7 Å². The first kappa shape index (κ1) is 13.7. The second-order valence-electron chi connectivity index (χ2n) is 5.44. The van der Waals surface area contributed by atoms with Gasteiger partial charge in [0.15, 0.2) is 0 Å². The number of hydrogen-bond acceptors (Lipinski definition) is 6. The number of nitrogens with zero attached hydrogens (tertiary/aromatic N) is 3.